The largest absolute Gasteiger partial charge is 0.480 e. The Morgan fingerprint density at radius 3 is 2.48 bits per heavy atom. The molecule has 2 aromatic rings. The maximum Gasteiger partial charge on any atom is 0.323 e. The van der Waals surface area contributed by atoms with E-state index in [9.17, 15) is 18.8 Å². The first kappa shape index (κ1) is 16.4. The SMILES string of the molecule is CN(C)C(=O)c1ccc(-c2ccc(=O)n(CC(=O)O)c2)c(F)c1. The summed E-state index contributed by atoms with van der Waals surface area (Å²) in [5.41, 5.74) is 0.248. The molecule has 23 heavy (non-hydrogen) atoms. The van der Waals surface area contributed by atoms with Crippen LogP contribution in [0.25, 0.3) is 11.1 Å². The maximum atomic E-state index is 14.3. The highest BCUT2D eigenvalue weighted by molar-refractivity contribution is 5.94. The highest BCUT2D eigenvalue weighted by Gasteiger charge is 2.13. The van der Waals surface area contributed by atoms with Gasteiger partial charge in [0.25, 0.3) is 11.5 Å². The van der Waals surface area contributed by atoms with Crippen LogP contribution in [0.3, 0.4) is 0 Å². The number of carbonyl (C=O) groups is 2. The molecule has 1 amide bonds. The summed E-state index contributed by atoms with van der Waals surface area (Å²) in [6.45, 7) is -0.508. The second-order valence-corrected chi connectivity index (χ2v) is 5.17. The lowest BCUT2D eigenvalue weighted by atomic mass is 10.0. The number of pyridine rings is 1. The van der Waals surface area contributed by atoms with Gasteiger partial charge in [0, 0.05) is 43.0 Å². The molecule has 1 aromatic carbocycles. The minimum Gasteiger partial charge on any atom is -0.480 e. The van der Waals surface area contributed by atoms with E-state index in [1.807, 2.05) is 0 Å². The van der Waals surface area contributed by atoms with Gasteiger partial charge in [-0.15, -0.1) is 0 Å². The predicted molar refractivity (Wildman–Crippen MR) is 81.7 cm³/mol. The average molecular weight is 318 g/mol. The first-order valence-corrected chi connectivity index (χ1v) is 6.73. The number of aliphatic carboxylic acids is 1. The fourth-order valence-corrected chi connectivity index (χ4v) is 2.10. The predicted octanol–water partition coefficient (Wildman–Crippen LogP) is 1.44. The van der Waals surface area contributed by atoms with Crippen LogP contribution in [0.1, 0.15) is 10.4 Å². The lowest BCUT2D eigenvalue weighted by molar-refractivity contribution is -0.137. The minimum absolute atomic E-state index is 0.180. The number of aromatic nitrogens is 1. The van der Waals surface area contributed by atoms with Gasteiger partial charge >= 0.3 is 5.97 Å². The molecule has 0 aliphatic heterocycles. The average Bonchev–Trinajstić information content (AvgIpc) is 2.48. The third-order valence-corrected chi connectivity index (χ3v) is 3.22. The second kappa shape index (κ2) is 6.43. The van der Waals surface area contributed by atoms with Crippen LogP contribution in [0.2, 0.25) is 0 Å². The highest BCUT2D eigenvalue weighted by Crippen LogP contribution is 2.23. The van der Waals surface area contributed by atoms with E-state index in [-0.39, 0.29) is 17.0 Å². The second-order valence-electron chi connectivity index (χ2n) is 5.17. The van der Waals surface area contributed by atoms with Crippen molar-refractivity contribution in [2.24, 2.45) is 0 Å². The Bertz CT molecular complexity index is 827. The Labute approximate surface area is 131 Å². The minimum atomic E-state index is -1.17. The fraction of sp³-hybridized carbons (Fsp3) is 0.188. The van der Waals surface area contributed by atoms with Crippen molar-refractivity contribution in [2.75, 3.05) is 14.1 Å². The normalized spacial score (nSPS) is 10.4. The number of rotatable bonds is 4. The van der Waals surface area contributed by atoms with Crippen molar-refractivity contribution in [3.8, 4) is 11.1 Å². The standard InChI is InChI=1S/C16H15FN2O4/c1-18(2)16(23)10-3-5-12(13(17)7-10)11-4-6-14(20)19(8-11)9-15(21)22/h3-8H,9H2,1-2H3,(H,21,22). The molecule has 0 fully saturated rings. The van der Waals surface area contributed by atoms with Gasteiger partial charge in [0.15, 0.2) is 0 Å². The number of carboxylic acids is 1. The Balaban J connectivity index is 2.45. The summed E-state index contributed by atoms with van der Waals surface area (Å²) in [4.78, 5) is 35.5. The topological polar surface area (TPSA) is 79.6 Å². The fourth-order valence-electron chi connectivity index (χ4n) is 2.10. The van der Waals surface area contributed by atoms with Gasteiger partial charge in [-0.3, -0.25) is 14.4 Å². The Kier molecular flexibility index (Phi) is 4.59. The molecular formula is C16H15FN2O4. The molecule has 1 N–H and O–H groups in total. The van der Waals surface area contributed by atoms with Gasteiger partial charge in [0.2, 0.25) is 0 Å². The number of halogens is 1. The number of amides is 1. The summed E-state index contributed by atoms with van der Waals surface area (Å²) < 4.78 is 15.3. The Hall–Kier alpha value is -2.96. The van der Waals surface area contributed by atoms with Crippen molar-refractivity contribution in [1.82, 2.24) is 9.47 Å². The quantitative estimate of drug-likeness (QED) is 0.925. The zero-order valence-corrected chi connectivity index (χ0v) is 12.6. The van der Waals surface area contributed by atoms with E-state index in [0.29, 0.717) is 5.56 Å². The molecule has 2 rings (SSSR count). The molecule has 0 unspecified atom stereocenters. The molecule has 0 radical (unpaired) electrons. The number of benzene rings is 1. The van der Waals surface area contributed by atoms with Gasteiger partial charge in [-0.1, -0.05) is 6.07 Å². The number of carbonyl (C=O) groups excluding carboxylic acids is 1. The maximum absolute atomic E-state index is 14.3. The van der Waals surface area contributed by atoms with Crippen LogP contribution in [0.15, 0.2) is 41.3 Å². The summed E-state index contributed by atoms with van der Waals surface area (Å²) in [6.07, 6.45) is 1.28. The zero-order chi connectivity index (χ0) is 17.1. The van der Waals surface area contributed by atoms with Crippen LogP contribution in [-0.4, -0.2) is 40.5 Å². The zero-order valence-electron chi connectivity index (χ0n) is 12.6. The molecule has 0 saturated carbocycles. The molecule has 120 valence electrons. The summed E-state index contributed by atoms with van der Waals surface area (Å²) in [5.74, 6) is -2.12. The van der Waals surface area contributed by atoms with Crippen molar-refractivity contribution in [3.05, 3.63) is 58.3 Å². The summed E-state index contributed by atoms with van der Waals surface area (Å²) in [6, 6.07) is 6.61. The first-order valence-electron chi connectivity index (χ1n) is 6.73. The molecule has 0 aliphatic carbocycles. The van der Waals surface area contributed by atoms with Crippen molar-refractivity contribution < 1.29 is 19.1 Å². The third-order valence-electron chi connectivity index (χ3n) is 3.22. The highest BCUT2D eigenvalue weighted by atomic mass is 19.1. The summed E-state index contributed by atoms with van der Waals surface area (Å²) >= 11 is 0. The molecule has 1 aromatic heterocycles. The van der Waals surface area contributed by atoms with Gasteiger partial charge in [-0.2, -0.15) is 0 Å². The molecule has 0 aliphatic rings. The van der Waals surface area contributed by atoms with Gasteiger partial charge in [-0.25, -0.2) is 4.39 Å². The van der Waals surface area contributed by atoms with Gasteiger partial charge < -0.3 is 14.6 Å². The Morgan fingerprint density at radius 2 is 1.91 bits per heavy atom. The summed E-state index contributed by atoms with van der Waals surface area (Å²) in [7, 11) is 3.13. The smallest absolute Gasteiger partial charge is 0.323 e. The van der Waals surface area contributed by atoms with Crippen LogP contribution in [0.4, 0.5) is 4.39 Å². The molecular weight excluding hydrogens is 303 g/mol. The first-order chi connectivity index (χ1) is 10.8. The number of hydrogen-bond donors (Lipinski definition) is 1. The molecule has 0 bridgehead atoms. The van der Waals surface area contributed by atoms with Crippen LogP contribution < -0.4 is 5.56 Å². The Morgan fingerprint density at radius 1 is 1.22 bits per heavy atom. The van der Waals surface area contributed by atoms with Crippen LogP contribution in [0.5, 0.6) is 0 Å². The van der Waals surface area contributed by atoms with E-state index in [1.54, 1.807) is 14.1 Å². The molecule has 7 heteroatoms. The van der Waals surface area contributed by atoms with Gasteiger partial charge in [0.05, 0.1) is 0 Å². The number of carboxylic acid groups (broad SMARTS) is 1. The van der Waals surface area contributed by atoms with Gasteiger partial charge in [-0.05, 0) is 18.2 Å². The van der Waals surface area contributed by atoms with Gasteiger partial charge in [0.1, 0.15) is 12.4 Å². The van der Waals surface area contributed by atoms with Crippen LogP contribution in [0, 0.1) is 5.82 Å². The molecule has 1 heterocycles. The number of hydrogen-bond acceptors (Lipinski definition) is 3. The van der Waals surface area contributed by atoms with Crippen molar-refractivity contribution in [3.63, 3.8) is 0 Å². The van der Waals surface area contributed by atoms with Crippen molar-refractivity contribution in [2.45, 2.75) is 6.54 Å². The van der Waals surface area contributed by atoms with Crippen molar-refractivity contribution >= 4 is 11.9 Å². The summed E-state index contributed by atoms with van der Waals surface area (Å²) in [5, 5.41) is 8.78. The van der Waals surface area contributed by atoms with E-state index < -0.39 is 23.9 Å². The van der Waals surface area contributed by atoms with E-state index in [2.05, 4.69) is 0 Å². The lowest BCUT2D eigenvalue weighted by Gasteiger charge is -2.12. The van der Waals surface area contributed by atoms with E-state index in [1.165, 1.54) is 35.4 Å². The van der Waals surface area contributed by atoms with Crippen LogP contribution in [-0.2, 0) is 11.3 Å². The lowest BCUT2D eigenvalue weighted by Crippen LogP contribution is -2.23. The van der Waals surface area contributed by atoms with E-state index in [4.69, 9.17) is 5.11 Å². The molecule has 0 atom stereocenters. The molecule has 6 nitrogen and oxygen atoms in total. The monoisotopic (exact) mass is 318 g/mol. The van der Waals surface area contributed by atoms with E-state index in [0.717, 1.165) is 10.6 Å². The number of nitrogens with zero attached hydrogens (tertiary/aromatic N) is 2. The van der Waals surface area contributed by atoms with E-state index >= 15 is 0 Å². The molecule has 0 saturated heterocycles. The van der Waals surface area contributed by atoms with Crippen molar-refractivity contribution in [1.29, 1.82) is 0 Å². The van der Waals surface area contributed by atoms with Crippen LogP contribution >= 0.6 is 0 Å². The molecule has 0 spiro atoms. The third kappa shape index (κ3) is 3.63.